The van der Waals surface area contributed by atoms with Gasteiger partial charge in [0.25, 0.3) is 0 Å². The van der Waals surface area contributed by atoms with Crippen LogP contribution in [0.25, 0.3) is 33.5 Å². The van der Waals surface area contributed by atoms with Crippen molar-refractivity contribution in [3.05, 3.63) is 78.1 Å². The van der Waals surface area contributed by atoms with Crippen LogP contribution < -0.4 is 5.32 Å². The first kappa shape index (κ1) is 28.5. The SMILES string of the molecule is CCCCc1nc2ccc(NC(=O)CC3(CC=O)CCCC3)cc2n1Cc1ccc(-c2ccccc2-c2nn[nH]n2)cc1. The number of tetrazole rings is 1. The summed E-state index contributed by atoms with van der Waals surface area (Å²) in [5.41, 5.74) is 6.68. The van der Waals surface area contributed by atoms with Crippen molar-refractivity contribution in [3.8, 4) is 22.5 Å². The number of nitrogens with zero attached hydrogens (tertiary/aromatic N) is 5. The van der Waals surface area contributed by atoms with Crippen LogP contribution in [0.4, 0.5) is 5.69 Å². The second-order valence-electron chi connectivity index (χ2n) is 11.7. The van der Waals surface area contributed by atoms with E-state index in [0.717, 1.165) is 96.0 Å². The summed E-state index contributed by atoms with van der Waals surface area (Å²) in [6.07, 6.45) is 8.87. The lowest BCUT2D eigenvalue weighted by Crippen LogP contribution is -2.25. The fourth-order valence-electron chi connectivity index (χ4n) is 6.43. The number of amides is 1. The Labute approximate surface area is 251 Å². The number of benzene rings is 3. The number of aryl methyl sites for hydroxylation is 1. The zero-order valence-corrected chi connectivity index (χ0v) is 24.6. The number of aromatic nitrogens is 6. The number of nitrogens with one attached hydrogen (secondary N) is 2. The van der Waals surface area contributed by atoms with Crippen molar-refractivity contribution in [2.45, 2.75) is 71.3 Å². The van der Waals surface area contributed by atoms with Crippen molar-refractivity contribution in [2.24, 2.45) is 5.41 Å². The number of unbranched alkanes of at least 4 members (excludes halogenated alkanes) is 1. The van der Waals surface area contributed by atoms with E-state index >= 15 is 0 Å². The standard InChI is InChI=1S/C34H37N7O2/c1-2-3-10-31-36-29-16-15-26(35-32(43)22-34(19-20-42)17-6-7-18-34)21-30(29)41(31)23-24-11-13-25(14-12-24)27-8-4-5-9-28(27)33-37-39-40-38-33/h4-5,8-9,11-16,20-21H,2-3,6-7,10,17-19,22-23H2,1H3,(H,35,43)(H,37,38,39,40). The number of aldehydes is 1. The van der Waals surface area contributed by atoms with Crippen molar-refractivity contribution >= 4 is 28.9 Å². The summed E-state index contributed by atoms with van der Waals surface area (Å²) in [5.74, 6) is 1.58. The Morgan fingerprint density at radius 1 is 1.05 bits per heavy atom. The Morgan fingerprint density at radius 3 is 2.56 bits per heavy atom. The molecule has 6 rings (SSSR count). The second-order valence-corrected chi connectivity index (χ2v) is 11.7. The van der Waals surface area contributed by atoms with Gasteiger partial charge >= 0.3 is 0 Å². The predicted octanol–water partition coefficient (Wildman–Crippen LogP) is 6.75. The first-order valence-electron chi connectivity index (χ1n) is 15.2. The molecule has 0 atom stereocenters. The minimum Gasteiger partial charge on any atom is -0.326 e. The quantitative estimate of drug-likeness (QED) is 0.159. The average molecular weight is 576 g/mol. The molecule has 2 N–H and O–H groups in total. The summed E-state index contributed by atoms with van der Waals surface area (Å²) in [4.78, 5) is 29.4. The van der Waals surface area contributed by atoms with E-state index in [2.05, 4.69) is 67.8 Å². The second kappa shape index (κ2) is 12.7. The number of carbonyl (C=O) groups is 2. The number of carbonyl (C=O) groups excluding carboxylic acids is 2. The number of H-pyrrole nitrogens is 1. The van der Waals surface area contributed by atoms with Crippen molar-refractivity contribution in [1.82, 2.24) is 30.2 Å². The van der Waals surface area contributed by atoms with Crippen LogP contribution in [-0.2, 0) is 22.6 Å². The average Bonchev–Trinajstić information content (AvgIpc) is 3.78. The highest BCUT2D eigenvalue weighted by Gasteiger charge is 2.35. The number of fused-ring (bicyclic) bond motifs is 1. The van der Waals surface area contributed by atoms with E-state index in [9.17, 15) is 9.59 Å². The zero-order valence-electron chi connectivity index (χ0n) is 24.6. The summed E-state index contributed by atoms with van der Waals surface area (Å²) < 4.78 is 2.27. The number of imidazole rings is 1. The van der Waals surface area contributed by atoms with E-state index in [0.29, 0.717) is 25.2 Å². The van der Waals surface area contributed by atoms with Crippen molar-refractivity contribution in [1.29, 1.82) is 0 Å². The van der Waals surface area contributed by atoms with Gasteiger partial charge in [0.15, 0.2) is 0 Å². The molecule has 1 aliphatic rings. The maximum atomic E-state index is 13.1. The maximum absolute atomic E-state index is 13.1. The molecule has 0 unspecified atom stereocenters. The number of rotatable bonds is 12. The van der Waals surface area contributed by atoms with Crippen LogP contribution in [0.3, 0.4) is 0 Å². The van der Waals surface area contributed by atoms with Gasteiger partial charge in [-0.2, -0.15) is 5.21 Å². The summed E-state index contributed by atoms with van der Waals surface area (Å²) in [7, 11) is 0. The van der Waals surface area contributed by atoms with E-state index in [4.69, 9.17) is 4.98 Å². The van der Waals surface area contributed by atoms with Crippen LogP contribution in [0.5, 0.6) is 0 Å². The van der Waals surface area contributed by atoms with Crippen molar-refractivity contribution < 1.29 is 9.59 Å². The van der Waals surface area contributed by atoms with Gasteiger partial charge in [0.05, 0.1) is 11.0 Å². The zero-order chi connectivity index (χ0) is 29.6. The van der Waals surface area contributed by atoms with Gasteiger partial charge in [-0.25, -0.2) is 4.98 Å². The lowest BCUT2D eigenvalue weighted by molar-refractivity contribution is -0.119. The Kier molecular flexibility index (Phi) is 8.40. The smallest absolute Gasteiger partial charge is 0.224 e. The lowest BCUT2D eigenvalue weighted by atomic mass is 9.80. The lowest BCUT2D eigenvalue weighted by Gasteiger charge is -2.25. The summed E-state index contributed by atoms with van der Waals surface area (Å²) in [6.45, 7) is 2.86. The molecule has 2 aromatic heterocycles. The molecule has 0 bridgehead atoms. The fraction of sp³-hybridized carbons (Fsp3) is 0.353. The third-order valence-electron chi connectivity index (χ3n) is 8.70. The van der Waals surface area contributed by atoms with Gasteiger partial charge < -0.3 is 14.7 Å². The van der Waals surface area contributed by atoms with Crippen LogP contribution in [0.1, 0.15) is 69.7 Å². The van der Waals surface area contributed by atoms with Gasteiger partial charge in [-0.15, -0.1) is 10.2 Å². The number of hydrogen-bond donors (Lipinski definition) is 2. The molecule has 0 spiro atoms. The molecule has 0 radical (unpaired) electrons. The Bertz CT molecular complexity index is 1700. The predicted molar refractivity (Wildman–Crippen MR) is 167 cm³/mol. The molecule has 3 aromatic carbocycles. The Hall–Kier alpha value is -4.66. The molecule has 5 aromatic rings. The number of anilines is 1. The highest BCUT2D eigenvalue weighted by atomic mass is 16.1. The molecular formula is C34H37N7O2. The van der Waals surface area contributed by atoms with Gasteiger partial charge in [0.1, 0.15) is 12.1 Å². The highest BCUT2D eigenvalue weighted by Crippen LogP contribution is 2.43. The van der Waals surface area contributed by atoms with E-state index < -0.39 is 0 Å². The third kappa shape index (κ3) is 6.26. The Morgan fingerprint density at radius 2 is 1.84 bits per heavy atom. The fourth-order valence-corrected chi connectivity index (χ4v) is 6.43. The van der Waals surface area contributed by atoms with Crippen LogP contribution in [0.2, 0.25) is 0 Å². The molecule has 43 heavy (non-hydrogen) atoms. The molecule has 9 nitrogen and oxygen atoms in total. The molecule has 1 amide bonds. The van der Waals surface area contributed by atoms with E-state index in [1.807, 2.05) is 36.4 Å². The highest BCUT2D eigenvalue weighted by molar-refractivity contribution is 5.93. The van der Waals surface area contributed by atoms with Gasteiger partial charge in [-0.3, -0.25) is 4.79 Å². The van der Waals surface area contributed by atoms with E-state index in [-0.39, 0.29) is 11.3 Å². The Balaban J connectivity index is 1.26. The first-order valence-corrected chi connectivity index (χ1v) is 15.2. The first-order chi connectivity index (χ1) is 21.1. The minimum absolute atomic E-state index is 0.0305. The molecule has 220 valence electrons. The maximum Gasteiger partial charge on any atom is 0.224 e. The monoisotopic (exact) mass is 575 g/mol. The van der Waals surface area contributed by atoms with Crippen LogP contribution in [0, 0.1) is 5.41 Å². The van der Waals surface area contributed by atoms with Gasteiger partial charge in [0.2, 0.25) is 11.7 Å². The number of aromatic amines is 1. The molecule has 9 heteroatoms. The summed E-state index contributed by atoms with van der Waals surface area (Å²) in [6, 6.07) is 22.6. The van der Waals surface area contributed by atoms with Gasteiger partial charge in [0, 0.05) is 37.1 Å². The molecule has 2 heterocycles. The molecule has 0 saturated heterocycles. The summed E-state index contributed by atoms with van der Waals surface area (Å²) >= 11 is 0. The van der Waals surface area contributed by atoms with E-state index in [1.165, 1.54) is 0 Å². The molecule has 1 aliphatic carbocycles. The van der Waals surface area contributed by atoms with Crippen molar-refractivity contribution in [3.63, 3.8) is 0 Å². The van der Waals surface area contributed by atoms with Crippen molar-refractivity contribution in [2.75, 3.05) is 5.32 Å². The number of hydrogen-bond acceptors (Lipinski definition) is 6. The topological polar surface area (TPSA) is 118 Å². The molecule has 1 saturated carbocycles. The molecular weight excluding hydrogens is 538 g/mol. The van der Waals surface area contributed by atoms with Gasteiger partial charge in [-0.1, -0.05) is 74.7 Å². The van der Waals surface area contributed by atoms with Crippen LogP contribution in [-0.4, -0.2) is 42.4 Å². The molecule has 1 fully saturated rings. The molecule has 0 aliphatic heterocycles. The van der Waals surface area contributed by atoms with E-state index in [1.54, 1.807) is 0 Å². The van der Waals surface area contributed by atoms with Crippen LogP contribution >= 0.6 is 0 Å². The minimum atomic E-state index is -0.191. The third-order valence-corrected chi connectivity index (χ3v) is 8.70. The largest absolute Gasteiger partial charge is 0.326 e. The van der Waals surface area contributed by atoms with Crippen LogP contribution in [0.15, 0.2) is 66.7 Å². The summed E-state index contributed by atoms with van der Waals surface area (Å²) in [5, 5.41) is 17.7. The normalized spacial score (nSPS) is 14.3. The van der Waals surface area contributed by atoms with Gasteiger partial charge in [-0.05, 0) is 64.8 Å².